The first kappa shape index (κ1) is 33.4. The van der Waals surface area contributed by atoms with Crippen molar-refractivity contribution in [3.63, 3.8) is 0 Å². The molecule has 5 amide bonds. The van der Waals surface area contributed by atoms with Crippen molar-refractivity contribution in [2.24, 2.45) is 0 Å². The van der Waals surface area contributed by atoms with E-state index in [1.54, 1.807) is 24.3 Å². The predicted molar refractivity (Wildman–Crippen MR) is 185 cm³/mol. The van der Waals surface area contributed by atoms with Gasteiger partial charge in [0, 0.05) is 52.7 Å². The standard InChI is InChI=1S/C33H39N7O6S/c1-3-15-45-32(43)36-20-9-11-22-24(17-20)38-25-18-21(37-33(44)46-16-4-2)10-12-23(25)29(22)35-14-13-34-28(41)8-6-5-7-27-30-26(19-47-27)39-31(42)40-30/h3-4,9-12,17-18,26-27,30H,1-2,5-8,13-16,19H2,(H,34,41)(H,35,38)(H,36,43)(H,37,44)(H2,39,40,42). The van der Waals surface area contributed by atoms with Crippen LogP contribution in [0.5, 0.6) is 0 Å². The number of nitrogens with zero attached hydrogens (tertiary/aromatic N) is 1. The van der Waals surface area contributed by atoms with Crippen LogP contribution in [0.15, 0.2) is 61.7 Å². The largest absolute Gasteiger partial charge is 0.445 e. The van der Waals surface area contributed by atoms with Gasteiger partial charge >= 0.3 is 18.2 Å². The summed E-state index contributed by atoms with van der Waals surface area (Å²) in [5, 5.41) is 19.8. The van der Waals surface area contributed by atoms with Crippen molar-refractivity contribution in [2.75, 3.05) is 48.0 Å². The molecule has 3 heterocycles. The zero-order valence-electron chi connectivity index (χ0n) is 25.9. The van der Waals surface area contributed by atoms with Crippen LogP contribution < -0.4 is 31.9 Å². The Balaban J connectivity index is 1.20. The van der Waals surface area contributed by atoms with Gasteiger partial charge in [0.25, 0.3) is 0 Å². The molecule has 2 saturated heterocycles. The molecule has 47 heavy (non-hydrogen) atoms. The van der Waals surface area contributed by atoms with E-state index in [2.05, 4.69) is 45.1 Å². The van der Waals surface area contributed by atoms with Crippen molar-refractivity contribution in [3.05, 3.63) is 61.7 Å². The normalized spacial score (nSPS) is 18.0. The summed E-state index contributed by atoms with van der Waals surface area (Å²) in [6.45, 7) is 8.11. The van der Waals surface area contributed by atoms with Crippen LogP contribution >= 0.6 is 11.8 Å². The molecule has 5 rings (SSSR count). The zero-order valence-corrected chi connectivity index (χ0v) is 26.8. The van der Waals surface area contributed by atoms with Gasteiger partial charge in [-0.2, -0.15) is 11.8 Å². The highest BCUT2D eigenvalue weighted by molar-refractivity contribution is 8.00. The maximum atomic E-state index is 12.6. The fourth-order valence-electron chi connectivity index (χ4n) is 5.62. The van der Waals surface area contributed by atoms with Crippen LogP contribution in [-0.2, 0) is 14.3 Å². The molecular formula is C33H39N7O6S. The summed E-state index contributed by atoms with van der Waals surface area (Å²) in [5.74, 6) is 0.914. The number of hydrogen-bond donors (Lipinski definition) is 6. The van der Waals surface area contributed by atoms with Crippen molar-refractivity contribution in [1.82, 2.24) is 20.9 Å². The van der Waals surface area contributed by atoms with Gasteiger partial charge in [-0.15, -0.1) is 0 Å². The van der Waals surface area contributed by atoms with Crippen LogP contribution in [0.25, 0.3) is 21.8 Å². The summed E-state index contributed by atoms with van der Waals surface area (Å²) in [5.41, 5.74) is 2.97. The second kappa shape index (κ2) is 16.0. The summed E-state index contributed by atoms with van der Waals surface area (Å²) in [4.78, 5) is 53.2. The summed E-state index contributed by atoms with van der Waals surface area (Å²) < 4.78 is 10.1. The van der Waals surface area contributed by atoms with Gasteiger partial charge < -0.3 is 30.7 Å². The Morgan fingerprint density at radius 2 is 1.55 bits per heavy atom. The van der Waals surface area contributed by atoms with E-state index in [-0.39, 0.29) is 37.2 Å². The van der Waals surface area contributed by atoms with Crippen molar-refractivity contribution in [1.29, 1.82) is 0 Å². The lowest BCUT2D eigenvalue weighted by Gasteiger charge is -2.16. The maximum absolute atomic E-state index is 12.6. The second-order valence-electron chi connectivity index (χ2n) is 11.1. The molecule has 6 N–H and O–H groups in total. The van der Waals surface area contributed by atoms with E-state index in [1.165, 1.54) is 12.2 Å². The molecule has 0 aliphatic carbocycles. The monoisotopic (exact) mass is 661 g/mol. The van der Waals surface area contributed by atoms with E-state index >= 15 is 0 Å². The minimum absolute atomic E-state index is 0.0119. The Morgan fingerprint density at radius 3 is 2.17 bits per heavy atom. The summed E-state index contributed by atoms with van der Waals surface area (Å²) >= 11 is 1.88. The van der Waals surface area contributed by atoms with Gasteiger partial charge in [0.05, 0.1) is 28.8 Å². The number of benzene rings is 2. The molecule has 2 aliphatic rings. The Kier molecular flexibility index (Phi) is 11.4. The van der Waals surface area contributed by atoms with Gasteiger partial charge in [-0.1, -0.05) is 31.7 Å². The van der Waals surface area contributed by atoms with Crippen LogP contribution in [0.1, 0.15) is 25.7 Å². The Labute approximate surface area is 276 Å². The van der Waals surface area contributed by atoms with E-state index in [0.717, 1.165) is 41.5 Å². The molecule has 0 saturated carbocycles. The minimum Gasteiger partial charge on any atom is -0.445 e. The summed E-state index contributed by atoms with van der Waals surface area (Å²) in [7, 11) is 0. The lowest BCUT2D eigenvalue weighted by Crippen LogP contribution is -2.36. The smallest absolute Gasteiger partial charge is 0.411 e. The van der Waals surface area contributed by atoms with Crippen LogP contribution in [0.4, 0.5) is 31.4 Å². The number of rotatable bonds is 15. The average molecular weight is 662 g/mol. The van der Waals surface area contributed by atoms with Crippen molar-refractivity contribution >= 4 is 74.8 Å². The first-order valence-corrected chi connectivity index (χ1v) is 16.6. The number of ether oxygens (including phenoxy) is 2. The van der Waals surface area contributed by atoms with Crippen molar-refractivity contribution < 1.29 is 28.7 Å². The van der Waals surface area contributed by atoms with Gasteiger partial charge in [0.15, 0.2) is 0 Å². The van der Waals surface area contributed by atoms with Crippen LogP contribution in [0.3, 0.4) is 0 Å². The van der Waals surface area contributed by atoms with Gasteiger partial charge in [0.2, 0.25) is 5.91 Å². The second-order valence-corrected chi connectivity index (χ2v) is 12.4. The molecule has 3 unspecified atom stereocenters. The molecule has 14 heteroatoms. The van der Waals surface area contributed by atoms with Gasteiger partial charge in [-0.05, 0) is 49.2 Å². The molecule has 0 bridgehead atoms. The summed E-state index contributed by atoms with van der Waals surface area (Å²) in [6, 6.07) is 11.0. The molecular weight excluding hydrogens is 622 g/mol. The fourth-order valence-corrected chi connectivity index (χ4v) is 7.16. The molecule has 1 aromatic heterocycles. The minimum atomic E-state index is -0.616. The quantitative estimate of drug-likeness (QED) is 0.0560. The number of fused-ring (bicyclic) bond motifs is 3. The average Bonchev–Trinajstić information content (AvgIpc) is 3.61. The Morgan fingerprint density at radius 1 is 0.915 bits per heavy atom. The molecule has 3 aromatic rings. The molecule has 13 nitrogen and oxygen atoms in total. The van der Waals surface area contributed by atoms with Gasteiger partial charge in [0.1, 0.15) is 13.2 Å². The number of carbonyl (C=O) groups excluding carboxylic acids is 4. The highest BCUT2D eigenvalue weighted by atomic mass is 32.2. The number of aromatic nitrogens is 1. The molecule has 2 aromatic carbocycles. The van der Waals surface area contributed by atoms with E-state index in [4.69, 9.17) is 14.5 Å². The molecule has 248 valence electrons. The molecule has 2 aliphatic heterocycles. The summed E-state index contributed by atoms with van der Waals surface area (Å²) in [6.07, 6.45) is 4.83. The third-order valence-corrected chi connectivity index (χ3v) is 9.27. The number of carbonyl (C=O) groups is 4. The van der Waals surface area contributed by atoms with Crippen molar-refractivity contribution in [2.45, 2.75) is 43.0 Å². The lowest BCUT2D eigenvalue weighted by molar-refractivity contribution is -0.121. The number of urea groups is 1. The maximum Gasteiger partial charge on any atom is 0.411 e. The molecule has 3 atom stereocenters. The number of unbranched alkanes of at least 4 members (excludes halogenated alkanes) is 1. The van der Waals surface area contributed by atoms with Crippen LogP contribution in [0, 0.1) is 0 Å². The van der Waals surface area contributed by atoms with E-state index in [9.17, 15) is 19.2 Å². The fraction of sp³-hybridized carbons (Fsp3) is 0.364. The molecule has 0 spiro atoms. The molecule has 2 fully saturated rings. The van der Waals surface area contributed by atoms with Gasteiger partial charge in [-0.3, -0.25) is 15.4 Å². The third-order valence-electron chi connectivity index (χ3n) is 7.76. The lowest BCUT2D eigenvalue weighted by atomic mass is 10.0. The van der Waals surface area contributed by atoms with Crippen molar-refractivity contribution in [3.8, 4) is 0 Å². The van der Waals surface area contributed by atoms with E-state index < -0.39 is 12.2 Å². The number of hydrogen-bond acceptors (Lipinski definition) is 9. The first-order valence-electron chi connectivity index (χ1n) is 15.5. The number of pyridine rings is 1. The van der Waals surface area contributed by atoms with E-state index in [0.29, 0.717) is 47.2 Å². The number of anilines is 3. The van der Waals surface area contributed by atoms with E-state index in [1.807, 2.05) is 23.9 Å². The Bertz CT molecular complexity index is 1580. The topological polar surface area (TPSA) is 172 Å². The van der Waals surface area contributed by atoms with Crippen LogP contribution in [-0.4, -0.2) is 78.5 Å². The first-order chi connectivity index (χ1) is 22.8. The van der Waals surface area contributed by atoms with Crippen LogP contribution in [0.2, 0.25) is 0 Å². The Hall–Kier alpha value is -4.98. The third kappa shape index (κ3) is 8.85. The highest BCUT2D eigenvalue weighted by Gasteiger charge is 2.42. The SMILES string of the molecule is C=CCOC(=O)Nc1ccc2c(NCCNC(=O)CCCCC3SCC4NC(=O)NC43)c3ccc(NC(=O)OCC=C)cc3nc2c1. The number of nitrogens with one attached hydrogen (secondary N) is 6. The number of amides is 5. The zero-order chi connectivity index (χ0) is 33.2. The predicted octanol–water partition coefficient (Wildman–Crippen LogP) is 5.11. The van der Waals surface area contributed by atoms with Gasteiger partial charge in [-0.25, -0.2) is 19.4 Å². The number of thioether (sulfide) groups is 1. The molecule has 0 radical (unpaired) electrons. The highest BCUT2D eigenvalue weighted by Crippen LogP contribution is 2.34.